The number of nitrogens with zero attached hydrogens (tertiary/aromatic N) is 1. The Hall–Kier alpha value is -0.940. The van der Waals surface area contributed by atoms with Crippen LogP contribution in [-0.2, 0) is 23.1 Å². The predicted molar refractivity (Wildman–Crippen MR) is 110 cm³/mol. The molecular formula is C21H40NO3S+. The molecule has 0 aliphatic heterocycles. The fraction of sp³-hybridized carbons (Fsp3) is 0.762. The Labute approximate surface area is 161 Å². The first kappa shape index (κ1) is 25.1. The number of hydrogen-bond acceptors (Lipinski definition) is 2. The van der Waals surface area contributed by atoms with Crippen molar-refractivity contribution >= 4 is 10.1 Å². The van der Waals surface area contributed by atoms with Crippen molar-refractivity contribution in [2.24, 2.45) is 0 Å². The van der Waals surface area contributed by atoms with Gasteiger partial charge >= 0.3 is 0 Å². The molecule has 0 aliphatic rings. The van der Waals surface area contributed by atoms with Gasteiger partial charge in [-0.1, -0.05) is 65.2 Å². The molecule has 1 rings (SSSR count). The minimum Gasteiger partial charge on any atom is -0.286 e. The van der Waals surface area contributed by atoms with Crippen molar-refractivity contribution in [2.75, 3.05) is 6.26 Å². The molecule has 1 N–H and O–H groups in total. The van der Waals surface area contributed by atoms with E-state index in [1.807, 2.05) is 0 Å². The molecule has 1 aromatic heterocycles. The zero-order valence-corrected chi connectivity index (χ0v) is 17.9. The van der Waals surface area contributed by atoms with Crippen molar-refractivity contribution in [3.05, 3.63) is 30.1 Å². The van der Waals surface area contributed by atoms with Gasteiger partial charge in [0.05, 0.1) is 6.26 Å². The van der Waals surface area contributed by atoms with Gasteiger partial charge in [-0.25, -0.2) is 4.57 Å². The number of aryl methyl sites for hydroxylation is 2. The quantitative estimate of drug-likeness (QED) is 0.282. The summed E-state index contributed by atoms with van der Waals surface area (Å²) in [5.41, 5.74) is 1.49. The van der Waals surface area contributed by atoms with Crippen LogP contribution in [0, 0.1) is 0 Å². The highest BCUT2D eigenvalue weighted by atomic mass is 32.2. The molecule has 0 spiro atoms. The molecule has 0 unspecified atom stereocenters. The van der Waals surface area contributed by atoms with Gasteiger partial charge < -0.3 is 0 Å². The van der Waals surface area contributed by atoms with Crippen molar-refractivity contribution in [1.29, 1.82) is 0 Å². The Morgan fingerprint density at radius 3 is 1.69 bits per heavy atom. The summed E-state index contributed by atoms with van der Waals surface area (Å²) in [5.74, 6) is 0. The van der Waals surface area contributed by atoms with Gasteiger partial charge in [0.2, 0.25) is 0 Å². The molecule has 0 saturated heterocycles. The van der Waals surface area contributed by atoms with Crippen molar-refractivity contribution in [2.45, 2.75) is 97.4 Å². The van der Waals surface area contributed by atoms with Gasteiger partial charge in [0.25, 0.3) is 10.1 Å². The highest BCUT2D eigenvalue weighted by Crippen LogP contribution is 2.09. The standard InChI is InChI=1S/C20H36N.CH4O3S/c1-3-5-7-8-9-10-11-12-13-17-21-18-15-20(16-19-21)14-6-4-2;1-5(2,3)4/h15-16,18-19H,3-14,17H2,1-2H3;1H3,(H,2,3,4)/q+1;. The average Bonchev–Trinajstić information content (AvgIpc) is 2.58. The topological polar surface area (TPSA) is 58.2 Å². The van der Waals surface area contributed by atoms with E-state index in [4.69, 9.17) is 4.55 Å². The van der Waals surface area contributed by atoms with E-state index in [0.717, 1.165) is 0 Å². The van der Waals surface area contributed by atoms with Gasteiger partial charge in [-0.3, -0.25) is 4.55 Å². The molecular weight excluding hydrogens is 346 g/mol. The molecule has 0 radical (unpaired) electrons. The van der Waals surface area contributed by atoms with E-state index in [1.165, 1.54) is 89.2 Å². The van der Waals surface area contributed by atoms with Crippen LogP contribution in [-0.4, -0.2) is 19.2 Å². The average molecular weight is 387 g/mol. The zero-order chi connectivity index (χ0) is 19.7. The fourth-order valence-electron chi connectivity index (χ4n) is 2.79. The van der Waals surface area contributed by atoms with E-state index >= 15 is 0 Å². The molecule has 5 heteroatoms. The third-order valence-electron chi connectivity index (χ3n) is 4.30. The number of rotatable bonds is 13. The second-order valence-corrected chi connectivity index (χ2v) is 8.58. The zero-order valence-electron chi connectivity index (χ0n) is 17.1. The third kappa shape index (κ3) is 19.4. The van der Waals surface area contributed by atoms with Crippen LogP contribution in [0.5, 0.6) is 0 Å². The van der Waals surface area contributed by atoms with E-state index in [2.05, 4.69) is 42.9 Å². The van der Waals surface area contributed by atoms with Gasteiger partial charge in [-0.2, -0.15) is 8.42 Å². The first-order chi connectivity index (χ1) is 12.4. The first-order valence-corrected chi connectivity index (χ1v) is 12.1. The lowest BCUT2D eigenvalue weighted by Gasteiger charge is -2.02. The van der Waals surface area contributed by atoms with Crippen molar-refractivity contribution in [3.63, 3.8) is 0 Å². The first-order valence-electron chi connectivity index (χ1n) is 10.3. The minimum absolute atomic E-state index is 0.715. The number of unbranched alkanes of at least 4 members (excludes halogenated alkanes) is 9. The fourth-order valence-corrected chi connectivity index (χ4v) is 2.79. The Bertz CT molecular complexity index is 519. The highest BCUT2D eigenvalue weighted by Gasteiger charge is 2.01. The molecule has 0 aromatic carbocycles. The van der Waals surface area contributed by atoms with E-state index < -0.39 is 10.1 Å². The normalized spacial score (nSPS) is 11.1. The molecule has 4 nitrogen and oxygen atoms in total. The SMILES string of the molecule is CCCCCCCCCCC[n+]1ccc(CCCC)cc1.CS(=O)(=O)O. The van der Waals surface area contributed by atoms with Crippen LogP contribution >= 0.6 is 0 Å². The van der Waals surface area contributed by atoms with Gasteiger partial charge in [-0.05, 0) is 24.8 Å². The Morgan fingerprint density at radius 2 is 1.23 bits per heavy atom. The van der Waals surface area contributed by atoms with Crippen LogP contribution in [0.3, 0.4) is 0 Å². The monoisotopic (exact) mass is 386 g/mol. The van der Waals surface area contributed by atoms with E-state index in [9.17, 15) is 8.42 Å². The summed E-state index contributed by atoms with van der Waals surface area (Å²) in [4.78, 5) is 0. The van der Waals surface area contributed by atoms with Crippen LogP contribution in [0.1, 0.15) is 90.0 Å². The summed E-state index contributed by atoms with van der Waals surface area (Å²) < 4.78 is 28.2. The summed E-state index contributed by atoms with van der Waals surface area (Å²) in [6.07, 6.45) is 21.7. The lowest BCUT2D eigenvalue weighted by atomic mass is 10.1. The smallest absolute Gasteiger partial charge is 0.261 e. The molecule has 0 amide bonds. The summed E-state index contributed by atoms with van der Waals surface area (Å²) in [6.45, 7) is 5.73. The van der Waals surface area contributed by atoms with E-state index in [0.29, 0.717) is 6.26 Å². The maximum atomic E-state index is 9.19. The predicted octanol–water partition coefficient (Wildman–Crippen LogP) is 5.35. The molecule has 0 saturated carbocycles. The van der Waals surface area contributed by atoms with Gasteiger partial charge in [-0.15, -0.1) is 0 Å². The highest BCUT2D eigenvalue weighted by molar-refractivity contribution is 7.85. The maximum Gasteiger partial charge on any atom is 0.261 e. The molecule has 0 atom stereocenters. The summed E-state index contributed by atoms with van der Waals surface area (Å²) in [5, 5.41) is 0. The van der Waals surface area contributed by atoms with Gasteiger partial charge in [0, 0.05) is 18.6 Å². The molecule has 152 valence electrons. The number of hydrogen-bond donors (Lipinski definition) is 1. The van der Waals surface area contributed by atoms with Gasteiger partial charge in [0.1, 0.15) is 6.54 Å². The molecule has 0 bridgehead atoms. The number of aromatic nitrogens is 1. The second-order valence-electron chi connectivity index (χ2n) is 7.11. The maximum absolute atomic E-state index is 9.19. The number of pyridine rings is 1. The van der Waals surface area contributed by atoms with Crippen LogP contribution in [0.2, 0.25) is 0 Å². The summed E-state index contributed by atoms with van der Waals surface area (Å²) >= 11 is 0. The van der Waals surface area contributed by atoms with Gasteiger partial charge in [0.15, 0.2) is 12.4 Å². The Balaban J connectivity index is 0.00000110. The third-order valence-corrected chi connectivity index (χ3v) is 4.30. The molecule has 1 aromatic rings. The molecule has 0 fully saturated rings. The van der Waals surface area contributed by atoms with Crippen molar-refractivity contribution < 1.29 is 17.5 Å². The lowest BCUT2D eigenvalue weighted by molar-refractivity contribution is -0.697. The van der Waals surface area contributed by atoms with E-state index in [1.54, 1.807) is 0 Å². The van der Waals surface area contributed by atoms with Crippen molar-refractivity contribution in [3.8, 4) is 0 Å². The minimum atomic E-state index is -3.67. The molecule has 1 heterocycles. The summed E-state index contributed by atoms with van der Waals surface area (Å²) in [7, 11) is -3.67. The lowest BCUT2D eigenvalue weighted by Crippen LogP contribution is -2.32. The summed E-state index contributed by atoms with van der Waals surface area (Å²) in [6, 6.07) is 4.59. The van der Waals surface area contributed by atoms with Crippen molar-refractivity contribution in [1.82, 2.24) is 0 Å². The Kier molecular flexibility index (Phi) is 15.7. The molecule has 0 aliphatic carbocycles. The largest absolute Gasteiger partial charge is 0.286 e. The van der Waals surface area contributed by atoms with Crippen LogP contribution < -0.4 is 4.57 Å². The van der Waals surface area contributed by atoms with Crippen LogP contribution in [0.15, 0.2) is 24.5 Å². The van der Waals surface area contributed by atoms with Crippen LogP contribution in [0.4, 0.5) is 0 Å². The van der Waals surface area contributed by atoms with E-state index in [-0.39, 0.29) is 0 Å². The second kappa shape index (κ2) is 16.2. The Morgan fingerprint density at radius 1 is 0.808 bits per heavy atom. The van der Waals surface area contributed by atoms with Crippen LogP contribution in [0.25, 0.3) is 0 Å². The molecule has 26 heavy (non-hydrogen) atoms.